The van der Waals surface area contributed by atoms with E-state index in [-0.39, 0.29) is 31.6 Å². The van der Waals surface area contributed by atoms with Gasteiger partial charge >= 0.3 is 0 Å². The monoisotopic (exact) mass is 422 g/mol. The summed E-state index contributed by atoms with van der Waals surface area (Å²) in [4.78, 5) is 24.4. The van der Waals surface area contributed by atoms with Crippen molar-refractivity contribution < 1.29 is 28.5 Å². The van der Waals surface area contributed by atoms with E-state index in [2.05, 4.69) is 24.5 Å². The normalized spacial score (nSPS) is 13.5. The summed E-state index contributed by atoms with van der Waals surface area (Å²) in [6, 6.07) is 5.08. The maximum atomic E-state index is 12.3. The Labute approximate surface area is 178 Å². The van der Waals surface area contributed by atoms with Gasteiger partial charge in [0.2, 0.25) is 11.8 Å². The van der Waals surface area contributed by atoms with Crippen molar-refractivity contribution in [2.24, 2.45) is 0 Å². The molecule has 2 N–H and O–H groups in total. The second-order valence-electron chi connectivity index (χ2n) is 7.14. The van der Waals surface area contributed by atoms with Gasteiger partial charge in [-0.05, 0) is 30.5 Å². The molecule has 0 unspecified atom stereocenters. The molecule has 1 aliphatic heterocycles. The summed E-state index contributed by atoms with van der Waals surface area (Å²) in [6.45, 7) is 6.44. The van der Waals surface area contributed by atoms with Crippen molar-refractivity contribution in [2.75, 3.05) is 46.2 Å². The molecular formula is C22H34N2O6. The molecule has 1 aliphatic rings. The number of carbonyl (C=O) groups excluding carboxylic acids is 2. The molecule has 2 amide bonds. The highest BCUT2D eigenvalue weighted by atomic mass is 16.6. The Balaban J connectivity index is 1.95. The van der Waals surface area contributed by atoms with Crippen LogP contribution < -0.4 is 20.1 Å². The Hall–Kier alpha value is -2.32. The van der Waals surface area contributed by atoms with E-state index in [4.69, 9.17) is 18.9 Å². The summed E-state index contributed by atoms with van der Waals surface area (Å²) in [5.74, 6) is 0.847. The van der Waals surface area contributed by atoms with Crippen LogP contribution in [0.25, 0.3) is 0 Å². The highest BCUT2D eigenvalue weighted by molar-refractivity contribution is 5.79. The smallest absolute Gasteiger partial charge is 0.246 e. The Morgan fingerprint density at radius 3 is 2.27 bits per heavy atom. The SMILES string of the molecule is CCCCOCC(=O)NC[C@@H](NC(=O)COCCCC)c1ccc2c(c1)OCCO2. The first kappa shape index (κ1) is 24.0. The number of carbonyl (C=O) groups is 2. The molecule has 0 radical (unpaired) electrons. The Bertz CT molecular complexity index is 667. The number of hydrogen-bond acceptors (Lipinski definition) is 6. The van der Waals surface area contributed by atoms with Crippen LogP contribution in [0.1, 0.15) is 51.1 Å². The summed E-state index contributed by atoms with van der Waals surface area (Å²) < 4.78 is 22.0. The Morgan fingerprint density at radius 2 is 1.60 bits per heavy atom. The first-order valence-corrected chi connectivity index (χ1v) is 10.7. The maximum Gasteiger partial charge on any atom is 0.246 e. The molecule has 0 saturated heterocycles. The lowest BCUT2D eigenvalue weighted by Crippen LogP contribution is -2.40. The molecule has 0 fully saturated rings. The average Bonchev–Trinajstić information content (AvgIpc) is 2.77. The fourth-order valence-corrected chi connectivity index (χ4v) is 2.85. The predicted octanol–water partition coefficient (Wildman–Crippen LogP) is 2.36. The minimum atomic E-state index is -0.428. The molecule has 0 bridgehead atoms. The number of fused-ring (bicyclic) bond motifs is 1. The lowest BCUT2D eigenvalue weighted by Gasteiger charge is -2.23. The molecule has 0 aromatic heterocycles. The lowest BCUT2D eigenvalue weighted by molar-refractivity contribution is -0.128. The summed E-state index contributed by atoms with van der Waals surface area (Å²) >= 11 is 0. The molecular weight excluding hydrogens is 388 g/mol. The number of ether oxygens (including phenoxy) is 4. The Morgan fingerprint density at radius 1 is 0.967 bits per heavy atom. The van der Waals surface area contributed by atoms with Crippen LogP contribution in [-0.2, 0) is 19.1 Å². The topological polar surface area (TPSA) is 95.1 Å². The highest BCUT2D eigenvalue weighted by Crippen LogP contribution is 2.32. The Kier molecular flexibility index (Phi) is 11.0. The second-order valence-corrected chi connectivity index (χ2v) is 7.14. The zero-order valence-corrected chi connectivity index (χ0v) is 18.0. The van der Waals surface area contributed by atoms with Crippen LogP contribution in [0, 0.1) is 0 Å². The molecule has 0 saturated carbocycles. The van der Waals surface area contributed by atoms with Gasteiger partial charge in [0.25, 0.3) is 0 Å². The molecule has 0 aliphatic carbocycles. The number of nitrogens with one attached hydrogen (secondary N) is 2. The van der Waals surface area contributed by atoms with Crippen LogP contribution in [0.15, 0.2) is 18.2 Å². The molecule has 0 spiro atoms. The molecule has 2 rings (SSSR count). The largest absolute Gasteiger partial charge is 0.486 e. The third-order valence-electron chi connectivity index (χ3n) is 4.56. The van der Waals surface area contributed by atoms with E-state index in [9.17, 15) is 9.59 Å². The molecule has 1 aromatic carbocycles. The second kappa shape index (κ2) is 13.8. The van der Waals surface area contributed by atoms with E-state index in [0.29, 0.717) is 37.9 Å². The third kappa shape index (κ3) is 8.59. The van der Waals surface area contributed by atoms with Gasteiger partial charge in [-0.3, -0.25) is 9.59 Å². The van der Waals surface area contributed by atoms with Gasteiger partial charge in [-0.1, -0.05) is 32.8 Å². The van der Waals surface area contributed by atoms with E-state index in [1.54, 1.807) is 0 Å². The van der Waals surface area contributed by atoms with Crippen LogP contribution in [0.3, 0.4) is 0 Å². The summed E-state index contributed by atoms with van der Waals surface area (Å²) in [5, 5.41) is 5.76. The molecule has 168 valence electrons. The lowest BCUT2D eigenvalue weighted by atomic mass is 10.1. The predicted molar refractivity (Wildman–Crippen MR) is 113 cm³/mol. The first-order valence-electron chi connectivity index (χ1n) is 10.7. The van der Waals surface area contributed by atoms with E-state index >= 15 is 0 Å². The van der Waals surface area contributed by atoms with Gasteiger partial charge in [-0.25, -0.2) is 0 Å². The highest BCUT2D eigenvalue weighted by Gasteiger charge is 2.20. The number of amides is 2. The zero-order chi connectivity index (χ0) is 21.6. The summed E-state index contributed by atoms with van der Waals surface area (Å²) in [6.07, 6.45) is 3.85. The van der Waals surface area contributed by atoms with Gasteiger partial charge < -0.3 is 29.6 Å². The first-order chi connectivity index (χ1) is 14.6. The van der Waals surface area contributed by atoms with Crippen molar-refractivity contribution in [2.45, 2.75) is 45.6 Å². The van der Waals surface area contributed by atoms with Crippen molar-refractivity contribution in [3.05, 3.63) is 23.8 Å². The number of hydrogen-bond donors (Lipinski definition) is 2. The molecule has 1 atom stereocenters. The van der Waals surface area contributed by atoms with Crippen LogP contribution >= 0.6 is 0 Å². The number of benzene rings is 1. The summed E-state index contributed by atoms with van der Waals surface area (Å²) in [7, 11) is 0. The fourth-order valence-electron chi connectivity index (χ4n) is 2.85. The van der Waals surface area contributed by atoms with Crippen LogP contribution in [0.4, 0.5) is 0 Å². The van der Waals surface area contributed by atoms with Gasteiger partial charge in [0.1, 0.15) is 26.4 Å². The zero-order valence-electron chi connectivity index (χ0n) is 18.0. The average molecular weight is 423 g/mol. The van der Waals surface area contributed by atoms with E-state index < -0.39 is 6.04 Å². The van der Waals surface area contributed by atoms with E-state index in [1.807, 2.05) is 18.2 Å². The summed E-state index contributed by atoms with van der Waals surface area (Å²) in [5.41, 5.74) is 0.813. The fraction of sp³-hybridized carbons (Fsp3) is 0.636. The van der Waals surface area contributed by atoms with Crippen molar-refractivity contribution in [3.63, 3.8) is 0 Å². The molecule has 30 heavy (non-hydrogen) atoms. The van der Waals surface area contributed by atoms with E-state index in [1.165, 1.54) is 0 Å². The van der Waals surface area contributed by atoms with Gasteiger partial charge in [0.15, 0.2) is 11.5 Å². The number of unbranched alkanes of at least 4 members (excludes halogenated alkanes) is 2. The third-order valence-corrected chi connectivity index (χ3v) is 4.56. The minimum absolute atomic E-state index is 0.00192. The van der Waals surface area contributed by atoms with Crippen LogP contribution in [0.2, 0.25) is 0 Å². The van der Waals surface area contributed by atoms with Gasteiger partial charge in [0.05, 0.1) is 6.04 Å². The quantitative estimate of drug-likeness (QED) is 0.447. The molecule has 1 aromatic rings. The van der Waals surface area contributed by atoms with Gasteiger partial charge in [-0.2, -0.15) is 0 Å². The van der Waals surface area contributed by atoms with Crippen molar-refractivity contribution in [1.82, 2.24) is 10.6 Å². The van der Waals surface area contributed by atoms with Crippen molar-refractivity contribution >= 4 is 11.8 Å². The van der Waals surface area contributed by atoms with Crippen molar-refractivity contribution in [3.8, 4) is 11.5 Å². The van der Waals surface area contributed by atoms with Crippen LogP contribution in [0.5, 0.6) is 11.5 Å². The maximum absolute atomic E-state index is 12.3. The van der Waals surface area contributed by atoms with Gasteiger partial charge in [0, 0.05) is 19.8 Å². The molecule has 8 heteroatoms. The minimum Gasteiger partial charge on any atom is -0.486 e. The standard InChI is InChI=1S/C22H34N2O6/c1-3-5-9-27-15-21(25)23-14-18(24-22(26)16-28-10-6-4-2)17-7-8-19-20(13-17)30-12-11-29-19/h7-8,13,18H,3-6,9-12,14-16H2,1-2H3,(H,23,25)(H,24,26)/t18-/m1/s1. The molecule has 1 heterocycles. The van der Waals surface area contributed by atoms with E-state index in [0.717, 1.165) is 31.2 Å². The van der Waals surface area contributed by atoms with Crippen LogP contribution in [-0.4, -0.2) is 58.0 Å². The molecule has 8 nitrogen and oxygen atoms in total. The number of rotatable bonds is 14. The van der Waals surface area contributed by atoms with Crippen molar-refractivity contribution in [1.29, 1.82) is 0 Å². The van der Waals surface area contributed by atoms with Gasteiger partial charge in [-0.15, -0.1) is 0 Å².